The fourth-order valence-electron chi connectivity index (χ4n) is 2.62. The highest BCUT2D eigenvalue weighted by Gasteiger charge is 2.31. The van der Waals surface area contributed by atoms with E-state index in [0.717, 1.165) is 25.1 Å². The summed E-state index contributed by atoms with van der Waals surface area (Å²) in [5, 5.41) is 0. The van der Waals surface area contributed by atoms with Crippen LogP contribution < -0.4 is 5.73 Å². The van der Waals surface area contributed by atoms with E-state index in [1.54, 1.807) is 0 Å². The molecule has 0 bridgehead atoms. The Morgan fingerprint density at radius 1 is 1.33 bits per heavy atom. The van der Waals surface area contributed by atoms with Crippen LogP contribution in [-0.4, -0.2) is 13.3 Å². The molecule has 1 fully saturated rings. The summed E-state index contributed by atoms with van der Waals surface area (Å²) < 4.78 is 0. The van der Waals surface area contributed by atoms with E-state index in [0.29, 0.717) is 0 Å². The summed E-state index contributed by atoms with van der Waals surface area (Å²) in [7, 11) is 0. The number of nitrogens with two attached hydrogens (primary N) is 1. The second-order valence-corrected chi connectivity index (χ2v) is 4.47. The second-order valence-electron chi connectivity index (χ2n) is 4.47. The van der Waals surface area contributed by atoms with Crippen molar-refractivity contribution >= 4 is 6.71 Å². The van der Waals surface area contributed by atoms with Crippen LogP contribution in [0.15, 0.2) is 0 Å². The predicted octanol–water partition coefficient (Wildman–Crippen LogP) is 2.51. The van der Waals surface area contributed by atoms with Crippen molar-refractivity contribution in [1.82, 2.24) is 0 Å². The van der Waals surface area contributed by atoms with Crippen molar-refractivity contribution in [3.05, 3.63) is 0 Å². The molecular weight excluding hydrogens is 145 g/mol. The Labute approximate surface area is 77.2 Å². The number of hydrogen-bond acceptors (Lipinski definition) is 1. The minimum Gasteiger partial charge on any atom is -0.330 e. The van der Waals surface area contributed by atoms with Crippen molar-refractivity contribution in [1.29, 1.82) is 0 Å². The molecule has 1 rings (SSSR count). The van der Waals surface area contributed by atoms with Gasteiger partial charge in [-0.1, -0.05) is 45.6 Å². The summed E-state index contributed by atoms with van der Waals surface area (Å²) in [4.78, 5) is 0. The lowest BCUT2D eigenvalue weighted by atomic mass is 9.50. The van der Waals surface area contributed by atoms with Gasteiger partial charge in [-0.2, -0.15) is 0 Å². The zero-order valence-electron chi connectivity index (χ0n) is 8.55. The Kier molecular flexibility index (Phi) is 4.13. The molecule has 2 unspecified atom stereocenters. The Bertz CT molecular complexity index is 127. The summed E-state index contributed by atoms with van der Waals surface area (Å²) in [5.74, 6) is 1.79. The molecule has 1 aliphatic heterocycles. The van der Waals surface area contributed by atoms with Crippen molar-refractivity contribution in [2.45, 2.75) is 45.6 Å². The Hall–Kier alpha value is 0.0249. The van der Waals surface area contributed by atoms with Gasteiger partial charge >= 0.3 is 0 Å². The molecule has 0 aliphatic carbocycles. The highest BCUT2D eigenvalue weighted by molar-refractivity contribution is 6.58. The maximum atomic E-state index is 5.76. The van der Waals surface area contributed by atoms with Crippen molar-refractivity contribution in [3.8, 4) is 0 Å². The van der Waals surface area contributed by atoms with Crippen LogP contribution in [0.2, 0.25) is 19.5 Å². The topological polar surface area (TPSA) is 26.0 Å². The summed E-state index contributed by atoms with van der Waals surface area (Å²) >= 11 is 0. The number of unbranched alkanes of at least 4 members (excludes halogenated alkanes) is 1. The summed E-state index contributed by atoms with van der Waals surface area (Å²) in [6, 6.07) is 0. The minimum atomic E-state index is 0.839. The van der Waals surface area contributed by atoms with E-state index in [1.165, 1.54) is 31.9 Å². The Morgan fingerprint density at radius 2 is 2.00 bits per heavy atom. The predicted molar refractivity (Wildman–Crippen MR) is 56.8 cm³/mol. The van der Waals surface area contributed by atoms with Crippen LogP contribution in [0.25, 0.3) is 0 Å². The fraction of sp³-hybridized carbons (Fsp3) is 1.00. The van der Waals surface area contributed by atoms with Gasteiger partial charge in [0.05, 0.1) is 0 Å². The average Bonchev–Trinajstić information content (AvgIpc) is 2.42. The molecule has 0 radical (unpaired) electrons. The first-order valence-electron chi connectivity index (χ1n) is 5.48. The van der Waals surface area contributed by atoms with Crippen LogP contribution >= 0.6 is 0 Å². The molecule has 0 spiro atoms. The third-order valence-electron chi connectivity index (χ3n) is 3.31. The Morgan fingerprint density at radius 3 is 2.58 bits per heavy atom. The van der Waals surface area contributed by atoms with Crippen molar-refractivity contribution in [3.63, 3.8) is 0 Å². The molecule has 2 atom stereocenters. The fourth-order valence-corrected chi connectivity index (χ4v) is 2.62. The normalized spacial score (nSPS) is 29.8. The van der Waals surface area contributed by atoms with E-state index in [4.69, 9.17) is 5.73 Å². The summed E-state index contributed by atoms with van der Waals surface area (Å²) in [5.41, 5.74) is 5.76. The van der Waals surface area contributed by atoms with Gasteiger partial charge in [0.25, 0.3) is 0 Å². The first-order chi connectivity index (χ1) is 5.77. The maximum absolute atomic E-state index is 5.76. The molecule has 0 amide bonds. The van der Waals surface area contributed by atoms with Crippen LogP contribution in [0.3, 0.4) is 0 Å². The average molecular weight is 167 g/mol. The Balaban J connectivity index is 2.30. The van der Waals surface area contributed by atoms with Crippen LogP contribution in [0.1, 0.15) is 26.2 Å². The molecule has 0 saturated carbocycles. The van der Waals surface area contributed by atoms with E-state index in [2.05, 4.69) is 13.7 Å². The molecule has 2 N–H and O–H groups in total. The zero-order chi connectivity index (χ0) is 8.97. The van der Waals surface area contributed by atoms with Crippen LogP contribution in [-0.2, 0) is 0 Å². The maximum Gasteiger partial charge on any atom is 0.137 e. The molecule has 1 heterocycles. The molecular formula is C10H22BN. The molecule has 1 saturated heterocycles. The number of rotatable bonds is 4. The van der Waals surface area contributed by atoms with Crippen LogP contribution in [0, 0.1) is 11.8 Å². The molecule has 1 nitrogen and oxygen atoms in total. The lowest BCUT2D eigenvalue weighted by molar-refractivity contribution is 0.384. The quantitative estimate of drug-likeness (QED) is 0.639. The lowest BCUT2D eigenvalue weighted by Crippen LogP contribution is -2.17. The number of hydrogen-bond donors (Lipinski definition) is 1. The van der Waals surface area contributed by atoms with Gasteiger partial charge in [0, 0.05) is 0 Å². The largest absolute Gasteiger partial charge is 0.330 e. The third kappa shape index (κ3) is 2.51. The zero-order valence-corrected chi connectivity index (χ0v) is 8.55. The first-order valence-corrected chi connectivity index (χ1v) is 5.48. The van der Waals surface area contributed by atoms with Gasteiger partial charge in [-0.05, 0) is 18.4 Å². The van der Waals surface area contributed by atoms with E-state index in [-0.39, 0.29) is 0 Å². The van der Waals surface area contributed by atoms with Gasteiger partial charge in [-0.15, -0.1) is 0 Å². The van der Waals surface area contributed by atoms with Gasteiger partial charge in [0.2, 0.25) is 0 Å². The third-order valence-corrected chi connectivity index (χ3v) is 3.31. The molecule has 0 aromatic heterocycles. The minimum absolute atomic E-state index is 0.839. The lowest BCUT2D eigenvalue weighted by Gasteiger charge is -2.17. The summed E-state index contributed by atoms with van der Waals surface area (Å²) in [6.45, 7) is 6.49. The molecule has 2 heteroatoms. The smallest absolute Gasteiger partial charge is 0.137 e. The van der Waals surface area contributed by atoms with E-state index < -0.39 is 0 Å². The molecule has 1 aliphatic rings. The van der Waals surface area contributed by atoms with Crippen LogP contribution in [0.4, 0.5) is 0 Å². The van der Waals surface area contributed by atoms with Gasteiger partial charge in [-0.3, -0.25) is 0 Å². The monoisotopic (exact) mass is 167 g/mol. The van der Waals surface area contributed by atoms with Crippen LogP contribution in [0.5, 0.6) is 0 Å². The first kappa shape index (κ1) is 10.1. The van der Waals surface area contributed by atoms with Gasteiger partial charge in [0.15, 0.2) is 0 Å². The molecule has 0 aromatic rings. The van der Waals surface area contributed by atoms with Gasteiger partial charge < -0.3 is 5.73 Å². The molecule has 70 valence electrons. The SMILES string of the molecule is CCCCC1CB(C)CC1CN. The summed E-state index contributed by atoms with van der Waals surface area (Å²) in [6.07, 6.45) is 6.96. The molecule has 12 heavy (non-hydrogen) atoms. The van der Waals surface area contributed by atoms with E-state index in [1.807, 2.05) is 0 Å². The van der Waals surface area contributed by atoms with Gasteiger partial charge in [0.1, 0.15) is 6.71 Å². The van der Waals surface area contributed by atoms with Gasteiger partial charge in [-0.25, -0.2) is 0 Å². The van der Waals surface area contributed by atoms with Crippen molar-refractivity contribution in [2.24, 2.45) is 17.6 Å². The molecule has 0 aromatic carbocycles. The highest BCUT2D eigenvalue weighted by atomic mass is 14.6. The van der Waals surface area contributed by atoms with E-state index in [9.17, 15) is 0 Å². The van der Waals surface area contributed by atoms with E-state index >= 15 is 0 Å². The highest BCUT2D eigenvalue weighted by Crippen LogP contribution is 2.35. The van der Waals surface area contributed by atoms with Crippen molar-refractivity contribution < 1.29 is 0 Å². The standard InChI is InChI=1S/C10H22BN/c1-3-4-5-9-6-11(2)7-10(9)8-12/h9-10H,3-8,12H2,1-2H3. The van der Waals surface area contributed by atoms with Crippen molar-refractivity contribution in [2.75, 3.05) is 6.54 Å². The second kappa shape index (κ2) is 4.91.